The molecule has 16 heavy (non-hydrogen) atoms. The van der Waals surface area contributed by atoms with Gasteiger partial charge in [-0.3, -0.25) is 10.1 Å². The summed E-state index contributed by atoms with van der Waals surface area (Å²) in [6, 6.07) is 0. The largest absolute Gasteiger partial charge is 0.331 e. The summed E-state index contributed by atoms with van der Waals surface area (Å²) in [7, 11) is 0. The van der Waals surface area contributed by atoms with Crippen LogP contribution < -0.4 is 0 Å². The van der Waals surface area contributed by atoms with Gasteiger partial charge in [-0.1, -0.05) is 0 Å². The minimum Gasteiger partial charge on any atom is -0.258 e. The van der Waals surface area contributed by atoms with Crippen LogP contribution in [-0.2, 0) is 0 Å². The van der Waals surface area contributed by atoms with Gasteiger partial charge in [0.1, 0.15) is 6.20 Å². The van der Waals surface area contributed by atoms with Gasteiger partial charge in [-0.25, -0.2) is 9.67 Å². The summed E-state index contributed by atoms with van der Waals surface area (Å²) in [5, 5.41) is 14.6. The molecule has 2 aromatic heterocycles. The lowest BCUT2D eigenvalue weighted by molar-refractivity contribution is -0.385. The highest BCUT2D eigenvalue weighted by Crippen LogP contribution is 2.20. The number of nitro groups is 1. The summed E-state index contributed by atoms with van der Waals surface area (Å²) in [5.41, 5.74) is -0.246. The second kappa shape index (κ2) is 4.29. The van der Waals surface area contributed by atoms with Crippen LogP contribution in [0.3, 0.4) is 0 Å². The van der Waals surface area contributed by atoms with Crippen molar-refractivity contribution in [2.45, 2.75) is 0 Å². The fraction of sp³-hybridized carbons (Fsp3) is 0. The molecule has 0 saturated heterocycles. The van der Waals surface area contributed by atoms with E-state index in [9.17, 15) is 10.1 Å². The molecule has 82 valence electrons. The fourth-order valence-electron chi connectivity index (χ4n) is 1.06. The average molecular weight is 351 g/mol. The molecular weight excluding hydrogens is 348 g/mol. The molecule has 2 aromatic rings. The van der Waals surface area contributed by atoms with Crippen LogP contribution in [0, 0.1) is 13.7 Å². The normalized spacial score (nSPS) is 10.4. The third-order valence-electron chi connectivity index (χ3n) is 1.69. The molecule has 0 aliphatic carbocycles. The van der Waals surface area contributed by atoms with Crippen LogP contribution in [0.1, 0.15) is 0 Å². The second-order valence-corrected chi connectivity index (χ2v) is 4.29. The maximum Gasteiger partial charge on any atom is 0.331 e. The molecule has 0 amide bonds. The zero-order valence-electron chi connectivity index (χ0n) is 7.54. The van der Waals surface area contributed by atoms with Crippen molar-refractivity contribution in [1.29, 1.82) is 0 Å². The van der Waals surface area contributed by atoms with Gasteiger partial charge in [-0.05, 0) is 34.2 Å². The molecule has 0 saturated carbocycles. The minimum absolute atomic E-state index is 0.0490. The fourth-order valence-corrected chi connectivity index (χ4v) is 1.58. The van der Waals surface area contributed by atoms with Gasteiger partial charge in [-0.15, -0.1) is 0 Å². The third-order valence-corrected chi connectivity index (χ3v) is 2.42. The van der Waals surface area contributed by atoms with Crippen LogP contribution in [0.25, 0.3) is 5.82 Å². The van der Waals surface area contributed by atoms with E-state index in [2.05, 4.69) is 15.1 Å². The Kier molecular flexibility index (Phi) is 3.01. The molecule has 0 aliphatic rings. The lowest BCUT2D eigenvalue weighted by atomic mass is 10.5. The van der Waals surface area contributed by atoms with Gasteiger partial charge in [0.2, 0.25) is 11.1 Å². The molecule has 7 nitrogen and oxygen atoms in total. The van der Waals surface area contributed by atoms with E-state index in [1.54, 1.807) is 12.4 Å². The molecular formula is C7H3ClIN5O2. The summed E-state index contributed by atoms with van der Waals surface area (Å²) in [6.07, 6.45) is 4.21. The lowest BCUT2D eigenvalue weighted by Crippen LogP contribution is -2.04. The zero-order chi connectivity index (χ0) is 11.7. The van der Waals surface area contributed by atoms with Gasteiger partial charge in [0.15, 0.2) is 0 Å². The van der Waals surface area contributed by atoms with Crippen molar-refractivity contribution in [2.24, 2.45) is 0 Å². The molecule has 0 radical (unpaired) electrons. The van der Waals surface area contributed by atoms with Gasteiger partial charge >= 0.3 is 5.69 Å². The average Bonchev–Trinajstić information content (AvgIpc) is 2.64. The molecule has 0 atom stereocenters. The van der Waals surface area contributed by atoms with Crippen LogP contribution in [0.4, 0.5) is 5.69 Å². The van der Waals surface area contributed by atoms with E-state index >= 15 is 0 Å². The number of rotatable bonds is 2. The Morgan fingerprint density at radius 2 is 2.25 bits per heavy atom. The summed E-state index contributed by atoms with van der Waals surface area (Å²) in [5.74, 6) is 0.0490. The van der Waals surface area contributed by atoms with Crippen molar-refractivity contribution < 1.29 is 4.92 Å². The first kappa shape index (κ1) is 11.2. The van der Waals surface area contributed by atoms with E-state index in [-0.39, 0.29) is 16.8 Å². The molecule has 0 unspecified atom stereocenters. The Morgan fingerprint density at radius 1 is 1.50 bits per heavy atom. The Morgan fingerprint density at radius 3 is 2.81 bits per heavy atom. The molecule has 2 heterocycles. The Hall–Kier alpha value is -1.29. The quantitative estimate of drug-likeness (QED) is 0.356. The standard InChI is InChI=1S/C7H3ClIN5O2/c8-7-10-2-5(14(15)16)6(12-7)13-3-4(9)1-11-13/h1-3H. The van der Waals surface area contributed by atoms with Crippen molar-refractivity contribution in [3.63, 3.8) is 0 Å². The van der Waals surface area contributed by atoms with Crippen LogP contribution in [-0.4, -0.2) is 24.7 Å². The van der Waals surface area contributed by atoms with E-state index in [1.165, 1.54) is 4.68 Å². The first-order valence-electron chi connectivity index (χ1n) is 3.95. The minimum atomic E-state index is -0.583. The summed E-state index contributed by atoms with van der Waals surface area (Å²) in [4.78, 5) is 17.5. The predicted octanol–water partition coefficient (Wildman–Crippen LogP) is 1.83. The van der Waals surface area contributed by atoms with Crippen LogP contribution in [0.15, 0.2) is 18.6 Å². The monoisotopic (exact) mass is 351 g/mol. The Bertz CT molecular complexity index is 557. The zero-order valence-corrected chi connectivity index (χ0v) is 10.5. The maximum absolute atomic E-state index is 10.8. The van der Waals surface area contributed by atoms with E-state index in [0.717, 1.165) is 9.77 Å². The summed E-state index contributed by atoms with van der Waals surface area (Å²) >= 11 is 7.63. The van der Waals surface area contributed by atoms with Crippen LogP contribution in [0.5, 0.6) is 0 Å². The second-order valence-electron chi connectivity index (χ2n) is 2.71. The number of halogens is 2. The summed E-state index contributed by atoms with van der Waals surface area (Å²) < 4.78 is 2.12. The predicted molar refractivity (Wildman–Crippen MR) is 63.5 cm³/mol. The number of nitrogens with zero attached hydrogens (tertiary/aromatic N) is 5. The van der Waals surface area contributed by atoms with Crippen LogP contribution in [0.2, 0.25) is 5.28 Å². The SMILES string of the molecule is O=[N+]([O-])c1cnc(Cl)nc1-n1cc(I)cn1. The third kappa shape index (κ3) is 2.11. The van der Waals surface area contributed by atoms with Gasteiger partial charge in [0.25, 0.3) is 0 Å². The highest BCUT2D eigenvalue weighted by molar-refractivity contribution is 14.1. The van der Waals surface area contributed by atoms with Gasteiger partial charge in [-0.2, -0.15) is 10.1 Å². The van der Waals surface area contributed by atoms with Crippen LogP contribution >= 0.6 is 34.2 Å². The van der Waals surface area contributed by atoms with Gasteiger partial charge in [0.05, 0.1) is 14.7 Å². The molecule has 0 spiro atoms. The van der Waals surface area contributed by atoms with Gasteiger partial charge < -0.3 is 0 Å². The van der Waals surface area contributed by atoms with Crippen molar-refractivity contribution in [3.8, 4) is 5.82 Å². The van der Waals surface area contributed by atoms with Crippen molar-refractivity contribution in [3.05, 3.63) is 37.6 Å². The molecule has 0 aliphatic heterocycles. The first-order chi connectivity index (χ1) is 7.58. The van der Waals surface area contributed by atoms with E-state index in [0.29, 0.717) is 0 Å². The highest BCUT2D eigenvalue weighted by atomic mass is 127. The molecule has 0 aromatic carbocycles. The number of aromatic nitrogens is 4. The molecule has 0 bridgehead atoms. The number of hydrogen-bond acceptors (Lipinski definition) is 5. The molecule has 2 rings (SSSR count). The Balaban J connectivity index is 2.62. The maximum atomic E-state index is 10.8. The molecule has 0 fully saturated rings. The summed E-state index contributed by atoms with van der Waals surface area (Å²) in [6.45, 7) is 0. The van der Waals surface area contributed by atoms with Gasteiger partial charge in [0, 0.05) is 6.20 Å². The smallest absolute Gasteiger partial charge is 0.258 e. The van der Waals surface area contributed by atoms with E-state index in [1.807, 2.05) is 22.6 Å². The number of hydrogen-bond donors (Lipinski definition) is 0. The lowest BCUT2D eigenvalue weighted by Gasteiger charge is -2.00. The topological polar surface area (TPSA) is 86.7 Å². The molecule has 9 heteroatoms. The highest BCUT2D eigenvalue weighted by Gasteiger charge is 2.19. The first-order valence-corrected chi connectivity index (χ1v) is 5.41. The van der Waals surface area contributed by atoms with Crippen molar-refractivity contribution in [1.82, 2.24) is 19.7 Å². The Labute approximate surface area is 108 Å². The van der Waals surface area contributed by atoms with E-state index < -0.39 is 4.92 Å². The molecule has 0 N–H and O–H groups in total. The van der Waals surface area contributed by atoms with E-state index in [4.69, 9.17) is 11.6 Å². The van der Waals surface area contributed by atoms with Crippen molar-refractivity contribution >= 4 is 39.9 Å². The van der Waals surface area contributed by atoms with Crippen molar-refractivity contribution in [2.75, 3.05) is 0 Å².